The van der Waals surface area contributed by atoms with Gasteiger partial charge in [-0.05, 0) is 25.8 Å². The summed E-state index contributed by atoms with van der Waals surface area (Å²) in [5, 5.41) is 0.380. The zero-order valence-electron chi connectivity index (χ0n) is 11.9. The number of pyridine rings is 1. The molecule has 0 saturated carbocycles. The molecule has 0 aromatic carbocycles. The van der Waals surface area contributed by atoms with Gasteiger partial charge in [0.05, 0.1) is 10.6 Å². The van der Waals surface area contributed by atoms with Crippen LogP contribution in [0.5, 0.6) is 0 Å². The molecule has 6 heteroatoms. The molecule has 108 valence electrons. The van der Waals surface area contributed by atoms with Crippen LogP contribution in [-0.2, 0) is 4.79 Å². The Bertz CT molecular complexity index is 545. The van der Waals surface area contributed by atoms with Crippen molar-refractivity contribution in [3.05, 3.63) is 28.5 Å². The van der Waals surface area contributed by atoms with Crippen LogP contribution < -0.4 is 0 Å². The molecule has 0 aliphatic carbocycles. The van der Waals surface area contributed by atoms with Gasteiger partial charge in [-0.2, -0.15) is 0 Å². The topological polar surface area (TPSA) is 53.5 Å². The van der Waals surface area contributed by atoms with Crippen molar-refractivity contribution in [3.8, 4) is 0 Å². The third kappa shape index (κ3) is 2.77. The molecule has 0 radical (unpaired) electrons. The number of aromatic nitrogens is 1. The van der Waals surface area contributed by atoms with E-state index in [9.17, 15) is 9.59 Å². The van der Waals surface area contributed by atoms with Gasteiger partial charge in [-0.25, -0.2) is 0 Å². The highest BCUT2D eigenvalue weighted by atomic mass is 35.5. The number of carbonyl (C=O) groups excluding carboxylic acids is 2. The van der Waals surface area contributed by atoms with E-state index in [0.717, 1.165) is 12.1 Å². The van der Waals surface area contributed by atoms with E-state index in [2.05, 4.69) is 4.98 Å². The van der Waals surface area contributed by atoms with Crippen molar-refractivity contribution < 1.29 is 9.59 Å². The summed E-state index contributed by atoms with van der Waals surface area (Å²) >= 11 is 6.11. The van der Waals surface area contributed by atoms with E-state index in [1.165, 1.54) is 11.1 Å². The van der Waals surface area contributed by atoms with Gasteiger partial charge in [-0.1, -0.05) is 11.6 Å². The molecule has 5 nitrogen and oxygen atoms in total. The minimum Gasteiger partial charge on any atom is -0.347 e. The third-order valence-electron chi connectivity index (χ3n) is 3.46. The van der Waals surface area contributed by atoms with Crippen molar-refractivity contribution >= 4 is 23.4 Å². The monoisotopic (exact) mass is 295 g/mol. The minimum atomic E-state index is -0.394. The number of likely N-dealkylation sites (N-methyl/N-ethyl adjacent to an activating group) is 1. The average molecular weight is 296 g/mol. The second-order valence-corrected chi connectivity index (χ2v) is 5.60. The number of halogens is 1. The molecular formula is C14H18ClN3O2. The van der Waals surface area contributed by atoms with Gasteiger partial charge in [0.2, 0.25) is 5.91 Å². The maximum Gasteiger partial charge on any atom is 0.257 e. The minimum absolute atomic E-state index is 0.0490. The van der Waals surface area contributed by atoms with Crippen molar-refractivity contribution in [1.29, 1.82) is 0 Å². The van der Waals surface area contributed by atoms with Crippen LogP contribution in [0.4, 0.5) is 0 Å². The Labute approximate surface area is 123 Å². The largest absolute Gasteiger partial charge is 0.347 e. The first-order valence-corrected chi connectivity index (χ1v) is 6.94. The second-order valence-electron chi connectivity index (χ2n) is 5.19. The first kappa shape index (κ1) is 14.8. The summed E-state index contributed by atoms with van der Waals surface area (Å²) in [5.41, 5.74) is 1.12. The number of aryl methyl sites for hydroxylation is 1. The fourth-order valence-electron chi connectivity index (χ4n) is 2.40. The highest BCUT2D eigenvalue weighted by Crippen LogP contribution is 2.24. The van der Waals surface area contributed by atoms with Crippen LogP contribution in [0.2, 0.25) is 5.02 Å². The van der Waals surface area contributed by atoms with E-state index in [1.807, 2.05) is 6.92 Å². The zero-order chi connectivity index (χ0) is 14.9. The number of carbonyl (C=O) groups is 2. The standard InChI is InChI=1S/C14H18ClN3O2/c1-9-7-11(15)10(8-16-9)13(19)18-6-4-5-12(18)14(20)17(2)3/h7-8,12H,4-6H2,1-3H3. The smallest absolute Gasteiger partial charge is 0.257 e. The molecule has 1 aliphatic heterocycles. The molecule has 20 heavy (non-hydrogen) atoms. The summed E-state index contributed by atoms with van der Waals surface area (Å²) in [6.45, 7) is 2.39. The summed E-state index contributed by atoms with van der Waals surface area (Å²) < 4.78 is 0. The van der Waals surface area contributed by atoms with E-state index in [0.29, 0.717) is 23.6 Å². The molecule has 0 N–H and O–H groups in total. The van der Waals surface area contributed by atoms with Gasteiger partial charge >= 0.3 is 0 Å². The number of amides is 2. The highest BCUT2D eigenvalue weighted by Gasteiger charge is 2.36. The molecule has 1 saturated heterocycles. The van der Waals surface area contributed by atoms with Crippen LogP contribution in [0, 0.1) is 6.92 Å². The quantitative estimate of drug-likeness (QED) is 0.835. The van der Waals surface area contributed by atoms with E-state index >= 15 is 0 Å². The van der Waals surface area contributed by atoms with Crippen molar-refractivity contribution in [2.75, 3.05) is 20.6 Å². The van der Waals surface area contributed by atoms with Gasteiger partial charge in [0.1, 0.15) is 6.04 Å². The number of hydrogen-bond donors (Lipinski definition) is 0. The predicted octanol–water partition coefficient (Wildman–Crippen LogP) is 1.74. The summed E-state index contributed by atoms with van der Waals surface area (Å²) in [6.07, 6.45) is 3.00. The summed E-state index contributed by atoms with van der Waals surface area (Å²) in [5.74, 6) is -0.271. The average Bonchev–Trinajstić information content (AvgIpc) is 2.86. The van der Waals surface area contributed by atoms with Gasteiger partial charge in [0.15, 0.2) is 0 Å². The van der Waals surface area contributed by atoms with Gasteiger partial charge in [-0.15, -0.1) is 0 Å². The molecule has 1 aromatic heterocycles. The molecular weight excluding hydrogens is 278 g/mol. The Hall–Kier alpha value is -1.62. The number of hydrogen-bond acceptors (Lipinski definition) is 3. The van der Waals surface area contributed by atoms with Crippen LogP contribution in [0.3, 0.4) is 0 Å². The van der Waals surface area contributed by atoms with Crippen LogP contribution in [0.1, 0.15) is 28.9 Å². The summed E-state index contributed by atoms with van der Waals surface area (Å²) in [6, 6.07) is 1.27. The lowest BCUT2D eigenvalue weighted by atomic mass is 10.1. The number of nitrogens with zero attached hydrogens (tertiary/aromatic N) is 3. The fourth-order valence-corrected chi connectivity index (χ4v) is 2.69. The summed E-state index contributed by atoms with van der Waals surface area (Å²) in [7, 11) is 3.40. The van der Waals surface area contributed by atoms with Crippen molar-refractivity contribution in [2.45, 2.75) is 25.8 Å². The van der Waals surface area contributed by atoms with Crippen molar-refractivity contribution in [2.24, 2.45) is 0 Å². The molecule has 1 aromatic rings. The molecule has 2 amide bonds. The maximum absolute atomic E-state index is 12.5. The zero-order valence-corrected chi connectivity index (χ0v) is 12.6. The third-order valence-corrected chi connectivity index (χ3v) is 3.77. The molecule has 1 aliphatic rings. The molecule has 1 atom stereocenters. The molecule has 1 fully saturated rings. The number of likely N-dealkylation sites (tertiary alicyclic amines) is 1. The van der Waals surface area contributed by atoms with E-state index < -0.39 is 6.04 Å². The van der Waals surface area contributed by atoms with Gasteiger partial charge < -0.3 is 9.80 Å². The first-order valence-electron chi connectivity index (χ1n) is 6.56. The van der Waals surface area contributed by atoms with Gasteiger partial charge in [0.25, 0.3) is 5.91 Å². The lowest BCUT2D eigenvalue weighted by Gasteiger charge is -2.26. The predicted molar refractivity (Wildman–Crippen MR) is 76.7 cm³/mol. The SMILES string of the molecule is Cc1cc(Cl)c(C(=O)N2CCCC2C(=O)N(C)C)cn1. The van der Waals surface area contributed by atoms with Gasteiger partial charge in [-0.3, -0.25) is 14.6 Å². The molecule has 0 spiro atoms. The normalized spacial score (nSPS) is 18.2. The Morgan fingerprint density at radius 1 is 1.45 bits per heavy atom. The van der Waals surface area contributed by atoms with Gasteiger partial charge in [0, 0.05) is 32.5 Å². The molecule has 1 unspecified atom stereocenters. The molecule has 2 heterocycles. The van der Waals surface area contributed by atoms with E-state index in [-0.39, 0.29) is 11.8 Å². The highest BCUT2D eigenvalue weighted by molar-refractivity contribution is 6.33. The molecule has 2 rings (SSSR count). The fraction of sp³-hybridized carbons (Fsp3) is 0.500. The second kappa shape index (κ2) is 5.79. The lowest BCUT2D eigenvalue weighted by molar-refractivity contribution is -0.132. The number of rotatable bonds is 2. The van der Waals surface area contributed by atoms with E-state index in [1.54, 1.807) is 25.1 Å². The first-order chi connectivity index (χ1) is 9.41. The summed E-state index contributed by atoms with van der Waals surface area (Å²) in [4.78, 5) is 31.9. The van der Waals surface area contributed by atoms with E-state index in [4.69, 9.17) is 11.6 Å². The Morgan fingerprint density at radius 3 is 2.75 bits per heavy atom. The Morgan fingerprint density at radius 2 is 2.15 bits per heavy atom. The Kier molecular flexibility index (Phi) is 4.28. The molecule has 0 bridgehead atoms. The van der Waals surface area contributed by atoms with Crippen LogP contribution in [0.15, 0.2) is 12.3 Å². The van der Waals surface area contributed by atoms with Crippen LogP contribution in [0.25, 0.3) is 0 Å². The lowest BCUT2D eigenvalue weighted by Crippen LogP contribution is -2.45. The maximum atomic E-state index is 12.5. The van der Waals surface area contributed by atoms with Crippen LogP contribution >= 0.6 is 11.6 Å². The van der Waals surface area contributed by atoms with Crippen LogP contribution in [-0.4, -0.2) is 53.3 Å². The Balaban J connectivity index is 2.25. The van der Waals surface area contributed by atoms with Crippen molar-refractivity contribution in [3.63, 3.8) is 0 Å². The van der Waals surface area contributed by atoms with Crippen molar-refractivity contribution in [1.82, 2.24) is 14.8 Å².